The Hall–Kier alpha value is -0.250. The van der Waals surface area contributed by atoms with Gasteiger partial charge in [0.2, 0.25) is 0 Å². The van der Waals surface area contributed by atoms with Crippen LogP contribution in [0.2, 0.25) is 0 Å². The number of rotatable bonds is 7. The summed E-state index contributed by atoms with van der Waals surface area (Å²) in [5.41, 5.74) is 2.92. The minimum atomic E-state index is 0.597. The van der Waals surface area contributed by atoms with Crippen LogP contribution in [0.1, 0.15) is 46.5 Å². The van der Waals surface area contributed by atoms with E-state index in [2.05, 4.69) is 53.5 Å². The van der Waals surface area contributed by atoms with Crippen LogP contribution in [-0.2, 0) is 0 Å². The van der Waals surface area contributed by atoms with Gasteiger partial charge in [0.15, 0.2) is 0 Å². The lowest BCUT2D eigenvalue weighted by molar-refractivity contribution is 0.469. The molecular formula is C14H23IO. The Labute approximate surface area is 113 Å². The number of aliphatic hydroxyl groups is 1. The first kappa shape index (κ1) is 15.8. The number of hydrogen-bond donors (Lipinski definition) is 1. The highest BCUT2D eigenvalue weighted by Crippen LogP contribution is 2.16. The van der Waals surface area contributed by atoms with Gasteiger partial charge in [-0.05, 0) is 49.5 Å². The summed E-state index contributed by atoms with van der Waals surface area (Å²) in [7, 11) is 0. The highest BCUT2D eigenvalue weighted by molar-refractivity contribution is 14.1. The number of hydrogen-bond acceptors (Lipinski definition) is 1. The first-order chi connectivity index (χ1) is 7.60. The molecule has 0 aliphatic carbocycles. The van der Waals surface area contributed by atoms with Crippen molar-refractivity contribution < 1.29 is 5.11 Å². The second-order valence-corrected chi connectivity index (χ2v) is 5.03. The summed E-state index contributed by atoms with van der Waals surface area (Å²) < 4.78 is 2.15. The SMILES string of the molecule is C/C(=C\I)CC/C(C)=C/C(C)CC/C=C/O. The summed E-state index contributed by atoms with van der Waals surface area (Å²) in [4.78, 5) is 0. The second kappa shape index (κ2) is 9.94. The summed E-state index contributed by atoms with van der Waals surface area (Å²) in [6.45, 7) is 6.61. The van der Waals surface area contributed by atoms with Crippen LogP contribution < -0.4 is 0 Å². The minimum absolute atomic E-state index is 0.597. The van der Waals surface area contributed by atoms with Crippen LogP contribution in [0.5, 0.6) is 0 Å². The highest BCUT2D eigenvalue weighted by atomic mass is 127. The van der Waals surface area contributed by atoms with Crippen LogP contribution in [0.4, 0.5) is 0 Å². The number of aliphatic hydroxyl groups excluding tert-OH is 1. The van der Waals surface area contributed by atoms with E-state index in [4.69, 9.17) is 5.11 Å². The van der Waals surface area contributed by atoms with Gasteiger partial charge >= 0.3 is 0 Å². The molecule has 1 atom stereocenters. The predicted octanol–water partition coefficient (Wildman–Crippen LogP) is 5.54. The number of allylic oxidation sites excluding steroid dienone is 4. The smallest absolute Gasteiger partial charge is 0.0751 e. The quantitative estimate of drug-likeness (QED) is 0.368. The Kier molecular flexibility index (Phi) is 9.78. The van der Waals surface area contributed by atoms with E-state index in [0.717, 1.165) is 31.9 Å². The average molecular weight is 334 g/mol. The van der Waals surface area contributed by atoms with Crippen molar-refractivity contribution in [3.05, 3.63) is 33.6 Å². The lowest BCUT2D eigenvalue weighted by atomic mass is 9.99. The van der Waals surface area contributed by atoms with Crippen molar-refractivity contribution in [2.45, 2.75) is 46.5 Å². The molecule has 0 bridgehead atoms. The molecule has 1 nitrogen and oxygen atoms in total. The van der Waals surface area contributed by atoms with Gasteiger partial charge in [0, 0.05) is 0 Å². The molecule has 0 amide bonds. The molecule has 0 aromatic rings. The van der Waals surface area contributed by atoms with Gasteiger partial charge in [-0.1, -0.05) is 52.8 Å². The molecular weight excluding hydrogens is 311 g/mol. The molecule has 0 radical (unpaired) electrons. The third kappa shape index (κ3) is 9.01. The third-order valence-corrected chi connectivity index (χ3v) is 3.63. The van der Waals surface area contributed by atoms with Crippen molar-refractivity contribution in [3.8, 4) is 0 Å². The van der Waals surface area contributed by atoms with Gasteiger partial charge in [-0.3, -0.25) is 0 Å². The standard InChI is InChI=1S/C14H23IO/c1-12(6-4-5-9-16)10-13(2)7-8-14(3)11-15/h5,9-12,16H,4,6-8H2,1-3H3/b9-5+,13-10+,14-11+. The molecule has 0 aliphatic rings. The normalized spacial score (nSPS) is 15.8. The van der Waals surface area contributed by atoms with Crippen molar-refractivity contribution >= 4 is 22.6 Å². The zero-order valence-electron chi connectivity index (χ0n) is 10.5. The molecule has 0 rings (SSSR count). The highest BCUT2D eigenvalue weighted by Gasteiger charge is 1.98. The van der Waals surface area contributed by atoms with E-state index in [-0.39, 0.29) is 0 Å². The van der Waals surface area contributed by atoms with E-state index in [9.17, 15) is 0 Å². The maximum atomic E-state index is 8.53. The van der Waals surface area contributed by atoms with Crippen LogP contribution >= 0.6 is 22.6 Å². The van der Waals surface area contributed by atoms with Crippen molar-refractivity contribution in [2.24, 2.45) is 5.92 Å². The van der Waals surface area contributed by atoms with Crippen molar-refractivity contribution in [3.63, 3.8) is 0 Å². The van der Waals surface area contributed by atoms with E-state index in [1.165, 1.54) is 11.1 Å². The Bertz CT molecular complexity index is 264. The molecule has 0 heterocycles. The number of halogens is 1. The van der Waals surface area contributed by atoms with Crippen LogP contribution in [0, 0.1) is 5.92 Å². The van der Waals surface area contributed by atoms with Crippen LogP contribution in [0.3, 0.4) is 0 Å². The van der Waals surface area contributed by atoms with Gasteiger partial charge < -0.3 is 5.11 Å². The molecule has 0 fully saturated rings. The van der Waals surface area contributed by atoms with Gasteiger partial charge in [0.25, 0.3) is 0 Å². The largest absolute Gasteiger partial charge is 0.516 e. The summed E-state index contributed by atoms with van der Waals surface area (Å²) in [6, 6.07) is 0. The maximum absolute atomic E-state index is 8.53. The molecule has 0 aromatic heterocycles. The van der Waals surface area contributed by atoms with Crippen molar-refractivity contribution in [2.75, 3.05) is 0 Å². The zero-order chi connectivity index (χ0) is 12.4. The minimum Gasteiger partial charge on any atom is -0.516 e. The van der Waals surface area contributed by atoms with E-state index in [0.29, 0.717) is 5.92 Å². The fourth-order valence-electron chi connectivity index (χ4n) is 1.53. The first-order valence-corrected chi connectivity index (χ1v) is 7.07. The van der Waals surface area contributed by atoms with Gasteiger partial charge in [-0.25, -0.2) is 0 Å². The summed E-state index contributed by atoms with van der Waals surface area (Å²) in [5, 5.41) is 8.53. The van der Waals surface area contributed by atoms with Gasteiger partial charge in [0.1, 0.15) is 0 Å². The van der Waals surface area contributed by atoms with Crippen LogP contribution in [-0.4, -0.2) is 5.11 Å². The molecule has 92 valence electrons. The molecule has 16 heavy (non-hydrogen) atoms. The summed E-state index contributed by atoms with van der Waals surface area (Å²) in [6.07, 6.45) is 9.68. The summed E-state index contributed by atoms with van der Waals surface area (Å²) in [5.74, 6) is 0.597. The topological polar surface area (TPSA) is 20.2 Å². The monoisotopic (exact) mass is 334 g/mol. The van der Waals surface area contributed by atoms with Crippen LogP contribution in [0.25, 0.3) is 0 Å². The fourth-order valence-corrected chi connectivity index (χ4v) is 1.85. The molecule has 0 spiro atoms. The molecule has 2 heteroatoms. The Balaban J connectivity index is 3.91. The molecule has 0 saturated carbocycles. The lowest BCUT2D eigenvalue weighted by Gasteiger charge is -2.07. The van der Waals surface area contributed by atoms with Gasteiger partial charge in [0.05, 0.1) is 6.26 Å². The average Bonchev–Trinajstić information content (AvgIpc) is 2.26. The molecule has 1 unspecified atom stereocenters. The Morgan fingerprint density at radius 3 is 2.44 bits per heavy atom. The fraction of sp³-hybridized carbons (Fsp3) is 0.571. The van der Waals surface area contributed by atoms with Crippen molar-refractivity contribution in [1.29, 1.82) is 0 Å². The Morgan fingerprint density at radius 1 is 1.25 bits per heavy atom. The van der Waals surface area contributed by atoms with Crippen molar-refractivity contribution in [1.82, 2.24) is 0 Å². The molecule has 1 N–H and O–H groups in total. The van der Waals surface area contributed by atoms with E-state index in [1.54, 1.807) is 0 Å². The second-order valence-electron chi connectivity index (χ2n) is 4.41. The van der Waals surface area contributed by atoms with Gasteiger partial charge in [-0.15, -0.1) is 0 Å². The lowest BCUT2D eigenvalue weighted by Crippen LogP contribution is -1.91. The van der Waals surface area contributed by atoms with E-state index < -0.39 is 0 Å². The van der Waals surface area contributed by atoms with Gasteiger partial charge in [-0.2, -0.15) is 0 Å². The van der Waals surface area contributed by atoms with Crippen LogP contribution in [0.15, 0.2) is 33.6 Å². The Morgan fingerprint density at radius 2 is 1.88 bits per heavy atom. The van der Waals surface area contributed by atoms with E-state index in [1.807, 2.05) is 6.08 Å². The predicted molar refractivity (Wildman–Crippen MR) is 80.9 cm³/mol. The molecule has 0 aliphatic heterocycles. The third-order valence-electron chi connectivity index (χ3n) is 2.56. The summed E-state index contributed by atoms with van der Waals surface area (Å²) >= 11 is 2.30. The molecule has 0 aromatic carbocycles. The first-order valence-electron chi connectivity index (χ1n) is 5.82. The molecule has 0 saturated heterocycles. The zero-order valence-corrected chi connectivity index (χ0v) is 12.7. The van der Waals surface area contributed by atoms with E-state index >= 15 is 0 Å². The maximum Gasteiger partial charge on any atom is 0.0751 e.